The Bertz CT molecular complexity index is 460. The summed E-state index contributed by atoms with van der Waals surface area (Å²) in [6, 6.07) is 7.58. The molecule has 0 radical (unpaired) electrons. The lowest BCUT2D eigenvalue weighted by molar-refractivity contribution is -0.00281. The first-order valence-corrected chi connectivity index (χ1v) is 8.66. The highest BCUT2D eigenvalue weighted by Gasteiger charge is 2.41. The average molecular weight is 286 g/mol. The molecule has 0 bridgehead atoms. The molecular weight excluding hydrogens is 256 g/mol. The zero-order chi connectivity index (χ0) is 14.9. The van der Waals surface area contributed by atoms with Crippen molar-refractivity contribution in [3.8, 4) is 0 Å². The van der Waals surface area contributed by atoms with Crippen LogP contribution in [0.4, 0.5) is 0 Å². The van der Waals surface area contributed by atoms with Gasteiger partial charge >= 0.3 is 0 Å². The lowest BCUT2D eigenvalue weighted by Crippen LogP contribution is -2.62. The van der Waals surface area contributed by atoms with Crippen LogP contribution in [-0.2, 0) is 0 Å². The number of nitrogens with one attached hydrogen (secondary N) is 1. The third-order valence-corrected chi connectivity index (χ3v) is 5.57. The van der Waals surface area contributed by atoms with Crippen LogP contribution in [0.15, 0.2) is 18.2 Å². The molecule has 2 fully saturated rings. The molecule has 21 heavy (non-hydrogen) atoms. The van der Waals surface area contributed by atoms with E-state index in [4.69, 9.17) is 0 Å². The minimum atomic E-state index is 0.410. The summed E-state index contributed by atoms with van der Waals surface area (Å²) in [4.78, 5) is 2.82. The van der Waals surface area contributed by atoms with E-state index < -0.39 is 0 Å². The number of piperazine rings is 1. The predicted molar refractivity (Wildman–Crippen MR) is 89.7 cm³/mol. The van der Waals surface area contributed by atoms with Crippen LogP contribution in [0, 0.1) is 13.8 Å². The minimum absolute atomic E-state index is 0.410. The lowest BCUT2D eigenvalue weighted by atomic mass is 9.77. The van der Waals surface area contributed by atoms with E-state index >= 15 is 0 Å². The van der Waals surface area contributed by atoms with Crippen molar-refractivity contribution in [3.63, 3.8) is 0 Å². The molecule has 0 amide bonds. The first-order chi connectivity index (χ1) is 10.1. The van der Waals surface area contributed by atoms with Crippen molar-refractivity contribution in [2.45, 2.75) is 64.5 Å². The highest BCUT2D eigenvalue weighted by molar-refractivity contribution is 5.31. The van der Waals surface area contributed by atoms with Gasteiger partial charge in [0, 0.05) is 31.2 Å². The maximum atomic E-state index is 3.66. The summed E-state index contributed by atoms with van der Waals surface area (Å²) in [6.07, 6.45) is 6.97. The van der Waals surface area contributed by atoms with Gasteiger partial charge in [-0.25, -0.2) is 0 Å². The fourth-order valence-corrected chi connectivity index (χ4v) is 4.57. The van der Waals surface area contributed by atoms with E-state index in [9.17, 15) is 0 Å². The number of hydrogen-bond acceptors (Lipinski definition) is 2. The molecule has 1 unspecified atom stereocenters. The van der Waals surface area contributed by atoms with Gasteiger partial charge < -0.3 is 5.32 Å². The van der Waals surface area contributed by atoms with Gasteiger partial charge in [-0.1, -0.05) is 48.6 Å². The quantitative estimate of drug-likeness (QED) is 0.885. The van der Waals surface area contributed by atoms with E-state index in [0.717, 1.165) is 6.54 Å². The van der Waals surface area contributed by atoms with Crippen LogP contribution in [0.2, 0.25) is 0 Å². The minimum Gasteiger partial charge on any atom is -0.314 e. The van der Waals surface area contributed by atoms with Gasteiger partial charge in [-0.2, -0.15) is 0 Å². The normalized spacial score (nSPS) is 24.1. The number of aryl methyl sites for hydroxylation is 2. The molecule has 1 atom stereocenters. The van der Waals surface area contributed by atoms with Crippen molar-refractivity contribution in [1.29, 1.82) is 0 Å². The molecule has 1 aromatic carbocycles. The van der Waals surface area contributed by atoms with E-state index in [2.05, 4.69) is 49.2 Å². The van der Waals surface area contributed by atoms with Crippen LogP contribution in [0.25, 0.3) is 0 Å². The van der Waals surface area contributed by atoms with E-state index in [1.807, 2.05) is 0 Å². The molecule has 1 N–H and O–H groups in total. The van der Waals surface area contributed by atoms with Crippen molar-refractivity contribution < 1.29 is 0 Å². The molecule has 2 aliphatic rings. The van der Waals surface area contributed by atoms with Gasteiger partial charge in [0.25, 0.3) is 0 Å². The van der Waals surface area contributed by atoms with E-state index in [1.165, 1.54) is 61.9 Å². The number of hydrogen-bond donors (Lipinski definition) is 1. The highest BCUT2D eigenvalue weighted by atomic mass is 15.3. The molecule has 1 saturated carbocycles. The summed E-state index contributed by atoms with van der Waals surface area (Å²) >= 11 is 0. The molecule has 1 aliphatic heterocycles. The van der Waals surface area contributed by atoms with Gasteiger partial charge in [0.15, 0.2) is 0 Å². The van der Waals surface area contributed by atoms with Crippen molar-refractivity contribution >= 4 is 0 Å². The number of nitrogens with zero attached hydrogens (tertiary/aromatic N) is 1. The van der Waals surface area contributed by atoms with Crippen LogP contribution in [-0.4, -0.2) is 30.1 Å². The van der Waals surface area contributed by atoms with E-state index in [0.29, 0.717) is 11.6 Å². The third kappa shape index (κ3) is 3.02. The third-order valence-electron chi connectivity index (χ3n) is 5.57. The maximum Gasteiger partial charge on any atom is 0.0340 e. The highest BCUT2D eigenvalue weighted by Crippen LogP contribution is 2.39. The topological polar surface area (TPSA) is 15.3 Å². The first-order valence-electron chi connectivity index (χ1n) is 8.66. The molecule has 3 rings (SSSR count). The summed E-state index contributed by atoms with van der Waals surface area (Å²) < 4.78 is 0. The summed E-state index contributed by atoms with van der Waals surface area (Å²) in [5, 5.41) is 3.66. The molecular formula is C19H30N2. The van der Waals surface area contributed by atoms with Gasteiger partial charge in [0.1, 0.15) is 0 Å². The summed E-state index contributed by atoms with van der Waals surface area (Å²) in [6.45, 7) is 10.4. The van der Waals surface area contributed by atoms with Gasteiger partial charge in [0.2, 0.25) is 0 Å². The standard InChI is InChI=1S/C19H30N2/c1-15-11-16(2)13-18(12-15)17(3)21-10-9-20-14-19(21)7-5-4-6-8-19/h11-13,17,20H,4-10,14H2,1-3H3. The summed E-state index contributed by atoms with van der Waals surface area (Å²) in [5.74, 6) is 0. The van der Waals surface area contributed by atoms with Crippen LogP contribution in [0.5, 0.6) is 0 Å². The zero-order valence-electron chi connectivity index (χ0n) is 13.9. The SMILES string of the molecule is Cc1cc(C)cc(C(C)N2CCNCC23CCCCC3)c1. The Hall–Kier alpha value is -0.860. The second-order valence-corrected chi connectivity index (χ2v) is 7.25. The molecule has 1 spiro atoms. The van der Waals surface area contributed by atoms with Crippen molar-refractivity contribution in [3.05, 3.63) is 34.9 Å². The van der Waals surface area contributed by atoms with Crippen molar-refractivity contribution in [2.75, 3.05) is 19.6 Å². The molecule has 116 valence electrons. The van der Waals surface area contributed by atoms with Gasteiger partial charge in [-0.15, -0.1) is 0 Å². The molecule has 1 aromatic rings. The second-order valence-electron chi connectivity index (χ2n) is 7.25. The van der Waals surface area contributed by atoms with E-state index in [-0.39, 0.29) is 0 Å². The number of rotatable bonds is 2. The van der Waals surface area contributed by atoms with Crippen LogP contribution < -0.4 is 5.32 Å². The van der Waals surface area contributed by atoms with Crippen LogP contribution in [0.1, 0.15) is 61.8 Å². The Morgan fingerprint density at radius 3 is 2.38 bits per heavy atom. The lowest BCUT2D eigenvalue weighted by Gasteiger charge is -2.52. The zero-order valence-corrected chi connectivity index (χ0v) is 13.9. The molecule has 0 aromatic heterocycles. The Morgan fingerprint density at radius 1 is 1.05 bits per heavy atom. The Morgan fingerprint density at radius 2 is 1.71 bits per heavy atom. The fourth-order valence-electron chi connectivity index (χ4n) is 4.57. The summed E-state index contributed by atoms with van der Waals surface area (Å²) in [7, 11) is 0. The maximum absolute atomic E-state index is 3.66. The van der Waals surface area contributed by atoms with Gasteiger partial charge in [-0.05, 0) is 39.2 Å². The van der Waals surface area contributed by atoms with Gasteiger partial charge in [0.05, 0.1) is 0 Å². The molecule has 2 nitrogen and oxygen atoms in total. The first kappa shape index (κ1) is 15.1. The average Bonchev–Trinajstić information content (AvgIpc) is 2.47. The van der Waals surface area contributed by atoms with Crippen molar-refractivity contribution in [1.82, 2.24) is 10.2 Å². The molecule has 1 saturated heterocycles. The summed E-state index contributed by atoms with van der Waals surface area (Å²) in [5.41, 5.74) is 4.70. The van der Waals surface area contributed by atoms with E-state index in [1.54, 1.807) is 0 Å². The van der Waals surface area contributed by atoms with Crippen molar-refractivity contribution in [2.24, 2.45) is 0 Å². The van der Waals surface area contributed by atoms with Gasteiger partial charge in [-0.3, -0.25) is 4.90 Å². The largest absolute Gasteiger partial charge is 0.314 e. The predicted octanol–water partition coefficient (Wildman–Crippen LogP) is 3.97. The second kappa shape index (κ2) is 6.10. The Balaban J connectivity index is 1.88. The smallest absolute Gasteiger partial charge is 0.0340 e. The molecule has 2 heteroatoms. The molecule has 1 heterocycles. The monoisotopic (exact) mass is 286 g/mol. The molecule has 1 aliphatic carbocycles. The Kier molecular flexibility index (Phi) is 4.37. The Labute approximate surface area is 129 Å². The van der Waals surface area contributed by atoms with Crippen LogP contribution >= 0.6 is 0 Å². The van der Waals surface area contributed by atoms with Crippen LogP contribution in [0.3, 0.4) is 0 Å². The number of benzene rings is 1. The fraction of sp³-hybridized carbons (Fsp3) is 0.684.